The fourth-order valence-electron chi connectivity index (χ4n) is 9.92. The van der Waals surface area contributed by atoms with Crippen molar-refractivity contribution >= 4 is 29.7 Å². The molecule has 4 saturated carbocycles. The van der Waals surface area contributed by atoms with Crippen molar-refractivity contribution in [2.45, 2.75) is 165 Å². The van der Waals surface area contributed by atoms with Gasteiger partial charge in [-0.25, -0.2) is 4.79 Å². The molecule has 2 aliphatic heterocycles. The molecular weight excluding hydrogens is 612 g/mol. The number of carbonyl (C=O) groups is 3. The number of nitrogens with one attached hydrogen (secondary N) is 2. The Labute approximate surface area is 286 Å². The molecule has 6 aliphatic rings. The van der Waals surface area contributed by atoms with E-state index in [4.69, 9.17) is 9.47 Å². The van der Waals surface area contributed by atoms with E-state index < -0.39 is 0 Å². The maximum absolute atomic E-state index is 12.7. The predicted molar refractivity (Wildman–Crippen MR) is 185 cm³/mol. The third kappa shape index (κ3) is 8.36. The Hall–Kier alpha value is -1.74. The van der Waals surface area contributed by atoms with Gasteiger partial charge in [0.25, 0.3) is 0 Å². The number of amides is 2. The van der Waals surface area contributed by atoms with Crippen molar-refractivity contribution in [3.05, 3.63) is 12.2 Å². The van der Waals surface area contributed by atoms with Crippen LogP contribution < -0.4 is 10.6 Å². The number of aliphatic hydroxyl groups is 1. The minimum atomic E-state index is -0.0740. The average Bonchev–Trinajstić information content (AvgIpc) is 3.59. The van der Waals surface area contributed by atoms with Crippen LogP contribution in [0, 0.1) is 35.5 Å². The number of unbranched alkanes of at least 4 members (excludes halogenated alkanes) is 9. The van der Waals surface area contributed by atoms with Crippen molar-refractivity contribution in [2.75, 3.05) is 5.75 Å². The van der Waals surface area contributed by atoms with Crippen molar-refractivity contribution < 1.29 is 29.0 Å². The van der Waals surface area contributed by atoms with Gasteiger partial charge in [0.1, 0.15) is 12.2 Å². The van der Waals surface area contributed by atoms with Crippen molar-refractivity contribution in [1.82, 2.24) is 10.6 Å². The smallest absolute Gasteiger partial charge is 0.315 e. The molecule has 8 nitrogen and oxygen atoms in total. The van der Waals surface area contributed by atoms with Crippen LogP contribution in [0.4, 0.5) is 4.79 Å². The zero-order valence-electron chi connectivity index (χ0n) is 28.6. The molecule has 8 unspecified atom stereocenters. The molecular formula is C38H60N2O6S. The van der Waals surface area contributed by atoms with Gasteiger partial charge in [-0.3, -0.25) is 9.59 Å². The number of urea groups is 1. The Morgan fingerprint density at radius 3 is 2.47 bits per heavy atom. The quantitative estimate of drug-likeness (QED) is 0.0488. The standard InChI is InChI=1S/C38H60N2O6S/c1-2-3-4-11-16-24(45-31(42)20-15-14-18-30-37-27(23-47-30)39-38(44)40-37)17-12-9-7-5-6-8-10-13-19-32(43)46-29-22-26-34(29)36-25-21-28(41)33(25)35(26)36/h9,12,24-30,33-37,41H,2-8,10-11,13-23H2,1H3,(H2,39,40,44)/b12-9-/t24-,25?,26?,27+,28?,29?,30+,33?,34?,35?,36?,37+/m1/s1. The van der Waals surface area contributed by atoms with Crippen LogP contribution >= 0.6 is 11.8 Å². The molecule has 0 aromatic carbocycles. The molecule has 0 bridgehead atoms. The van der Waals surface area contributed by atoms with Gasteiger partial charge in [-0.2, -0.15) is 11.8 Å². The Kier molecular flexibility index (Phi) is 12.5. The van der Waals surface area contributed by atoms with Gasteiger partial charge < -0.3 is 25.2 Å². The van der Waals surface area contributed by atoms with Gasteiger partial charge in [0.2, 0.25) is 0 Å². The van der Waals surface area contributed by atoms with E-state index in [0.717, 1.165) is 113 Å². The highest BCUT2D eigenvalue weighted by molar-refractivity contribution is 8.00. The molecule has 47 heavy (non-hydrogen) atoms. The van der Waals surface area contributed by atoms with E-state index in [9.17, 15) is 19.5 Å². The summed E-state index contributed by atoms with van der Waals surface area (Å²) in [6.45, 7) is 2.22. The lowest BCUT2D eigenvalue weighted by atomic mass is 9.27. The largest absolute Gasteiger partial charge is 0.462 e. The van der Waals surface area contributed by atoms with Crippen LogP contribution in [0.2, 0.25) is 0 Å². The Bertz CT molecular complexity index is 1100. The molecule has 4 aliphatic carbocycles. The minimum absolute atomic E-state index is 0.00598. The van der Waals surface area contributed by atoms with E-state index in [2.05, 4.69) is 29.7 Å². The van der Waals surface area contributed by atoms with Crippen LogP contribution in [0.3, 0.4) is 0 Å². The Morgan fingerprint density at radius 2 is 1.62 bits per heavy atom. The van der Waals surface area contributed by atoms with Gasteiger partial charge in [-0.1, -0.05) is 64.0 Å². The molecule has 12 atom stereocenters. The van der Waals surface area contributed by atoms with Crippen LogP contribution in [-0.4, -0.2) is 64.5 Å². The molecule has 2 amide bonds. The van der Waals surface area contributed by atoms with Gasteiger partial charge >= 0.3 is 18.0 Å². The fourth-order valence-corrected chi connectivity index (χ4v) is 11.5. The molecule has 0 radical (unpaired) electrons. The Morgan fingerprint density at radius 1 is 0.872 bits per heavy atom. The predicted octanol–water partition coefficient (Wildman–Crippen LogP) is 7.08. The molecule has 0 aromatic rings. The molecule has 2 heterocycles. The maximum Gasteiger partial charge on any atom is 0.315 e. The van der Waals surface area contributed by atoms with Crippen LogP contribution in [0.25, 0.3) is 0 Å². The number of ether oxygens (including phenoxy) is 2. The van der Waals surface area contributed by atoms with Gasteiger partial charge in [0.15, 0.2) is 0 Å². The zero-order chi connectivity index (χ0) is 32.8. The first kappa shape index (κ1) is 35.1. The van der Waals surface area contributed by atoms with Crippen LogP contribution in [0.1, 0.15) is 129 Å². The SMILES string of the molecule is CCCCCC[C@H](C/C=C\CCCCCCCC(=O)OC1CC2C1C1C3CC(O)C3C21)OC(=O)CCCC[C@@H]1SC[C@@H]2NC(=O)N[C@@H]21. The second-order valence-corrected chi connectivity index (χ2v) is 16.8. The van der Waals surface area contributed by atoms with Gasteiger partial charge in [0.05, 0.1) is 18.2 Å². The highest BCUT2D eigenvalue weighted by Gasteiger charge is 2.76. The third-order valence-corrected chi connectivity index (χ3v) is 14.0. The highest BCUT2D eigenvalue weighted by Crippen LogP contribution is 2.77. The molecule has 3 N–H and O–H groups in total. The Balaban J connectivity index is 0.769. The minimum Gasteiger partial charge on any atom is -0.462 e. The summed E-state index contributed by atoms with van der Waals surface area (Å²) in [4.78, 5) is 36.7. The number of esters is 2. The summed E-state index contributed by atoms with van der Waals surface area (Å²) in [7, 11) is 0. The van der Waals surface area contributed by atoms with Crippen molar-refractivity contribution in [3.63, 3.8) is 0 Å². The molecule has 6 fully saturated rings. The maximum atomic E-state index is 12.7. The van der Waals surface area contributed by atoms with E-state index in [1.54, 1.807) is 0 Å². The fraction of sp³-hybridized carbons (Fsp3) is 0.868. The van der Waals surface area contributed by atoms with E-state index in [1.165, 1.54) is 25.7 Å². The number of thioether (sulfide) groups is 1. The normalized spacial score (nSPS) is 36.3. The van der Waals surface area contributed by atoms with E-state index in [1.807, 2.05) is 11.8 Å². The monoisotopic (exact) mass is 672 g/mol. The molecule has 264 valence electrons. The van der Waals surface area contributed by atoms with Crippen LogP contribution in [0.15, 0.2) is 12.2 Å². The summed E-state index contributed by atoms with van der Waals surface area (Å²) in [5.74, 6) is 5.01. The van der Waals surface area contributed by atoms with E-state index >= 15 is 0 Å². The number of rotatable bonds is 22. The topological polar surface area (TPSA) is 114 Å². The second-order valence-electron chi connectivity index (χ2n) is 15.5. The van der Waals surface area contributed by atoms with Crippen molar-refractivity contribution in [2.24, 2.45) is 35.5 Å². The summed E-state index contributed by atoms with van der Waals surface area (Å²) in [5, 5.41) is 16.4. The lowest BCUT2D eigenvalue weighted by Gasteiger charge is -2.79. The molecule has 6 rings (SSSR count). The molecule has 0 aromatic heterocycles. The number of fused-ring (bicyclic) bond motifs is 8. The molecule has 0 spiro atoms. The number of hydrogen-bond donors (Lipinski definition) is 3. The summed E-state index contributed by atoms with van der Waals surface area (Å²) < 4.78 is 11.8. The molecule has 2 saturated heterocycles. The summed E-state index contributed by atoms with van der Waals surface area (Å²) in [6, 6.07) is 0.432. The average molecular weight is 673 g/mol. The van der Waals surface area contributed by atoms with Crippen molar-refractivity contribution in [1.29, 1.82) is 0 Å². The summed E-state index contributed by atoms with van der Waals surface area (Å²) >= 11 is 1.93. The summed E-state index contributed by atoms with van der Waals surface area (Å²) in [5.41, 5.74) is 0. The third-order valence-electron chi connectivity index (χ3n) is 12.5. The first-order valence-electron chi connectivity index (χ1n) is 19.3. The number of carbonyl (C=O) groups excluding carboxylic acids is 3. The number of allylic oxidation sites excluding steroid dienone is 1. The molecule has 9 heteroatoms. The second kappa shape index (κ2) is 16.8. The van der Waals surface area contributed by atoms with Gasteiger partial charge in [-0.05, 0) is 87.4 Å². The van der Waals surface area contributed by atoms with Crippen LogP contribution in [-0.2, 0) is 19.1 Å². The number of aliphatic hydroxyl groups excluding tert-OH is 1. The number of hydrogen-bond acceptors (Lipinski definition) is 7. The lowest BCUT2D eigenvalue weighted by molar-refractivity contribution is -0.349. The summed E-state index contributed by atoms with van der Waals surface area (Å²) in [6.07, 6.45) is 23.3. The van der Waals surface area contributed by atoms with Gasteiger partial charge in [-0.15, -0.1) is 0 Å². The first-order chi connectivity index (χ1) is 22.9. The zero-order valence-corrected chi connectivity index (χ0v) is 29.4. The first-order valence-corrected chi connectivity index (χ1v) is 20.4. The van der Waals surface area contributed by atoms with Crippen molar-refractivity contribution in [3.8, 4) is 0 Å². The van der Waals surface area contributed by atoms with E-state index in [0.29, 0.717) is 29.9 Å². The van der Waals surface area contributed by atoms with Crippen LogP contribution in [0.5, 0.6) is 0 Å². The van der Waals surface area contributed by atoms with E-state index in [-0.39, 0.29) is 48.4 Å². The lowest BCUT2D eigenvalue weighted by Crippen LogP contribution is -2.79. The highest BCUT2D eigenvalue weighted by atomic mass is 32.2. The van der Waals surface area contributed by atoms with Gasteiger partial charge in [0, 0.05) is 36.2 Å².